The molecule has 0 saturated carbocycles. The number of hydrogen-bond donors (Lipinski definition) is 6. The Morgan fingerprint density at radius 2 is 1.27 bits per heavy atom. The van der Waals surface area contributed by atoms with Crippen LogP contribution >= 0.6 is 0 Å². The second-order valence-corrected chi connectivity index (χ2v) is 11.5. The molecule has 2 saturated heterocycles. The quantitative estimate of drug-likeness (QED) is 0.175. The van der Waals surface area contributed by atoms with Gasteiger partial charge in [0.2, 0.25) is 29.5 Å². The van der Waals surface area contributed by atoms with E-state index in [4.69, 9.17) is 37.6 Å². The third kappa shape index (κ3) is 6.94. The Labute approximate surface area is 277 Å². The normalized spacial score (nSPS) is 30.0. The largest absolute Gasteiger partial charge is 0.508 e. The first kappa shape index (κ1) is 35.7. The molecule has 6 N–H and O–H groups in total. The summed E-state index contributed by atoms with van der Waals surface area (Å²) in [6, 6.07) is 6.50. The lowest BCUT2D eigenvalue weighted by molar-refractivity contribution is -0.272. The molecule has 49 heavy (non-hydrogen) atoms. The monoisotopic (exact) mass is 692 g/mol. The van der Waals surface area contributed by atoms with Gasteiger partial charge in [0.1, 0.15) is 28.9 Å². The first-order valence-corrected chi connectivity index (χ1v) is 15.0. The van der Waals surface area contributed by atoms with Crippen LogP contribution in [0.25, 0.3) is 22.3 Å². The number of fused-ring (bicyclic) bond motifs is 1. The molecule has 10 atom stereocenters. The zero-order chi connectivity index (χ0) is 35.9. The standard InChI is InChI=1S/C32H36O17/c1-11-20(36)28(45-13(3)33)24(40)31(43-11)48-18-10-17-19(22(38)27(18)42-5)23(39)30(26(47-17)15-6-8-16(35)9-7-15)49-32-25(41)29(46-14(4)34)21(37)12(2)44-32/h6-12,20-21,24-25,28-29,31-32,35-38,40-41H,1-5H3/t11-,12-,20-,21-,24-,25-,28-,29-,31+,32-/m0/s1. The summed E-state index contributed by atoms with van der Waals surface area (Å²) < 4.78 is 44.5. The van der Waals surface area contributed by atoms with E-state index in [1.807, 2.05) is 0 Å². The molecule has 0 radical (unpaired) electrons. The van der Waals surface area contributed by atoms with Crippen LogP contribution in [-0.4, -0.2) is 111 Å². The van der Waals surface area contributed by atoms with Crippen molar-refractivity contribution in [2.45, 2.75) is 89.1 Å². The molecule has 2 aliphatic rings. The van der Waals surface area contributed by atoms with Crippen molar-refractivity contribution in [1.29, 1.82) is 0 Å². The number of phenols is 2. The minimum absolute atomic E-state index is 0.122. The molecule has 17 heteroatoms. The smallest absolute Gasteiger partial charge is 0.303 e. The van der Waals surface area contributed by atoms with E-state index in [-0.39, 0.29) is 28.4 Å². The second kappa shape index (κ2) is 14.1. The summed E-state index contributed by atoms with van der Waals surface area (Å²) in [5.74, 6) is -4.08. The summed E-state index contributed by atoms with van der Waals surface area (Å²) in [6.45, 7) is 5.04. The molecule has 2 fully saturated rings. The zero-order valence-corrected chi connectivity index (χ0v) is 26.8. The number of carbonyl (C=O) groups is 2. The highest BCUT2D eigenvalue weighted by Gasteiger charge is 2.48. The Morgan fingerprint density at radius 3 is 1.76 bits per heavy atom. The second-order valence-electron chi connectivity index (χ2n) is 11.5. The number of aliphatic hydroxyl groups is 4. The first-order chi connectivity index (χ1) is 23.1. The Bertz CT molecular complexity index is 1750. The minimum Gasteiger partial charge on any atom is -0.508 e. The van der Waals surface area contributed by atoms with Crippen molar-refractivity contribution in [1.82, 2.24) is 0 Å². The molecule has 17 nitrogen and oxygen atoms in total. The molecular formula is C32H36O17. The maximum Gasteiger partial charge on any atom is 0.303 e. The lowest BCUT2D eigenvalue weighted by Crippen LogP contribution is -2.59. The number of carbonyl (C=O) groups excluding carboxylic acids is 2. The Balaban J connectivity index is 1.62. The van der Waals surface area contributed by atoms with Crippen molar-refractivity contribution in [2.24, 2.45) is 0 Å². The van der Waals surface area contributed by atoms with Gasteiger partial charge in [0.25, 0.3) is 0 Å². The maximum atomic E-state index is 14.1. The van der Waals surface area contributed by atoms with Gasteiger partial charge < -0.3 is 68.2 Å². The average molecular weight is 693 g/mol. The predicted molar refractivity (Wildman–Crippen MR) is 163 cm³/mol. The van der Waals surface area contributed by atoms with Gasteiger partial charge in [-0.15, -0.1) is 0 Å². The lowest BCUT2D eigenvalue weighted by Gasteiger charge is -2.40. The van der Waals surface area contributed by atoms with Crippen LogP contribution in [0.1, 0.15) is 27.7 Å². The molecule has 3 aromatic rings. The van der Waals surface area contributed by atoms with Crippen molar-refractivity contribution < 1.29 is 77.8 Å². The van der Waals surface area contributed by atoms with Crippen LogP contribution in [0.4, 0.5) is 0 Å². The van der Waals surface area contributed by atoms with Crippen LogP contribution in [0.5, 0.6) is 28.7 Å². The van der Waals surface area contributed by atoms with Crippen molar-refractivity contribution in [3.63, 3.8) is 0 Å². The molecule has 2 aromatic carbocycles. The molecular weight excluding hydrogens is 656 g/mol. The van der Waals surface area contributed by atoms with Crippen LogP contribution in [0.3, 0.4) is 0 Å². The average Bonchev–Trinajstić information content (AvgIpc) is 3.04. The van der Waals surface area contributed by atoms with Gasteiger partial charge in [-0.1, -0.05) is 0 Å². The van der Waals surface area contributed by atoms with Gasteiger partial charge in [0.05, 0.1) is 19.3 Å². The summed E-state index contributed by atoms with van der Waals surface area (Å²) in [7, 11) is 1.15. The zero-order valence-electron chi connectivity index (χ0n) is 26.8. The van der Waals surface area contributed by atoms with Crippen LogP contribution in [-0.2, 0) is 28.5 Å². The highest BCUT2D eigenvalue weighted by atomic mass is 16.7. The molecule has 0 spiro atoms. The van der Waals surface area contributed by atoms with E-state index in [2.05, 4.69) is 0 Å². The van der Waals surface area contributed by atoms with Crippen LogP contribution in [0, 0.1) is 0 Å². The Hall–Kier alpha value is -4.65. The van der Waals surface area contributed by atoms with Gasteiger partial charge >= 0.3 is 11.9 Å². The van der Waals surface area contributed by atoms with E-state index in [1.54, 1.807) is 0 Å². The van der Waals surface area contributed by atoms with Gasteiger partial charge in [-0.25, -0.2) is 0 Å². The van der Waals surface area contributed by atoms with Crippen LogP contribution < -0.4 is 19.6 Å². The number of aromatic hydroxyl groups is 2. The number of methoxy groups -OCH3 is 1. The van der Waals surface area contributed by atoms with E-state index >= 15 is 0 Å². The van der Waals surface area contributed by atoms with E-state index in [0.29, 0.717) is 0 Å². The third-order valence-corrected chi connectivity index (χ3v) is 8.01. The molecule has 3 heterocycles. The first-order valence-electron chi connectivity index (χ1n) is 15.0. The number of hydrogen-bond acceptors (Lipinski definition) is 17. The van der Waals surface area contributed by atoms with Gasteiger partial charge in [0, 0.05) is 25.5 Å². The summed E-state index contributed by atoms with van der Waals surface area (Å²) >= 11 is 0. The van der Waals surface area contributed by atoms with Crippen LogP contribution in [0.15, 0.2) is 39.5 Å². The molecule has 266 valence electrons. The van der Waals surface area contributed by atoms with Gasteiger partial charge in [0.15, 0.2) is 41.7 Å². The predicted octanol–water partition coefficient (Wildman–Crippen LogP) is 0.434. The molecule has 2 aliphatic heterocycles. The summed E-state index contributed by atoms with van der Waals surface area (Å²) in [5.41, 5.74) is -1.11. The Kier molecular flexibility index (Phi) is 10.2. The number of phenolic OH excluding ortho intramolecular Hbond substituents is 2. The van der Waals surface area contributed by atoms with E-state index in [1.165, 1.54) is 38.1 Å². The van der Waals surface area contributed by atoms with E-state index in [9.17, 15) is 45.0 Å². The van der Waals surface area contributed by atoms with Crippen LogP contribution in [0.2, 0.25) is 0 Å². The van der Waals surface area contributed by atoms with Crippen molar-refractivity contribution in [3.8, 4) is 40.1 Å². The molecule has 5 rings (SSSR count). The van der Waals surface area contributed by atoms with Gasteiger partial charge in [-0.2, -0.15) is 0 Å². The molecule has 0 bridgehead atoms. The lowest BCUT2D eigenvalue weighted by atomic mass is 9.99. The molecule has 0 aliphatic carbocycles. The Morgan fingerprint density at radius 1 is 0.755 bits per heavy atom. The van der Waals surface area contributed by atoms with E-state index in [0.717, 1.165) is 27.0 Å². The molecule has 0 amide bonds. The molecule has 0 unspecified atom stereocenters. The summed E-state index contributed by atoms with van der Waals surface area (Å²) in [6.07, 6.45) is -14.6. The number of aliphatic hydroxyl groups excluding tert-OH is 4. The number of ether oxygens (including phenoxy) is 7. The van der Waals surface area contributed by atoms with Crippen molar-refractivity contribution >= 4 is 22.9 Å². The fourth-order valence-electron chi connectivity index (χ4n) is 5.56. The number of benzene rings is 2. The topological polar surface area (TPSA) is 250 Å². The van der Waals surface area contributed by atoms with Gasteiger partial charge in [-0.05, 0) is 38.1 Å². The maximum absolute atomic E-state index is 14.1. The SMILES string of the molecule is COc1c(O[C@H]2O[C@@H](C)[C@H](O)[C@H](OC(C)=O)[C@@H]2O)cc2oc(-c3ccc(O)cc3)c(O[C@@H]3O[C@@H](C)[C@H](O)[C@H](OC(C)=O)[C@@H]3O)c(=O)c2c1O. The number of rotatable bonds is 8. The highest BCUT2D eigenvalue weighted by molar-refractivity contribution is 5.91. The fraction of sp³-hybridized carbons (Fsp3) is 0.469. The third-order valence-electron chi connectivity index (χ3n) is 8.01. The van der Waals surface area contributed by atoms with E-state index < -0.39 is 101 Å². The highest BCUT2D eigenvalue weighted by Crippen LogP contribution is 2.45. The van der Waals surface area contributed by atoms with Crippen molar-refractivity contribution in [2.75, 3.05) is 7.11 Å². The fourth-order valence-corrected chi connectivity index (χ4v) is 5.56. The number of esters is 2. The molecule has 1 aromatic heterocycles. The summed E-state index contributed by atoms with van der Waals surface area (Å²) in [4.78, 5) is 37.5. The minimum atomic E-state index is -1.80. The summed E-state index contributed by atoms with van der Waals surface area (Å²) in [5, 5.41) is 63.5. The van der Waals surface area contributed by atoms with Crippen molar-refractivity contribution in [3.05, 3.63) is 40.6 Å². The van der Waals surface area contributed by atoms with Gasteiger partial charge in [-0.3, -0.25) is 14.4 Å².